The third-order valence-corrected chi connectivity index (χ3v) is 9.40. The quantitative estimate of drug-likeness (QED) is 0.0200. The Balaban J connectivity index is 4.65. The van der Waals surface area contributed by atoms with Gasteiger partial charge >= 0.3 is 17.9 Å². The van der Waals surface area contributed by atoms with Gasteiger partial charge in [-0.3, -0.25) is 14.4 Å². The SMILES string of the molecule is CC/C=C/C=C/C=C/C=C/C=C/CCCCCC(=O)OC(COC(=O)CC/C=C/C/C=C/C/C=C/C/C=C/C/C=C/C/C=C/CC)COC(=O)CCCCCCC/C=C/C=C/C=C/CC. The Labute approximate surface area is 396 Å². The topological polar surface area (TPSA) is 78.9 Å². The third-order valence-electron chi connectivity index (χ3n) is 9.40. The van der Waals surface area contributed by atoms with E-state index >= 15 is 0 Å². The number of allylic oxidation sites excluding steroid dienone is 28. The van der Waals surface area contributed by atoms with Gasteiger partial charge in [-0.25, -0.2) is 0 Å². The van der Waals surface area contributed by atoms with Crippen LogP contribution in [0.4, 0.5) is 0 Å². The van der Waals surface area contributed by atoms with Crippen LogP contribution < -0.4 is 0 Å². The van der Waals surface area contributed by atoms with Crippen molar-refractivity contribution in [2.24, 2.45) is 0 Å². The molecule has 6 heteroatoms. The van der Waals surface area contributed by atoms with Crippen LogP contribution in [0.3, 0.4) is 0 Å². The van der Waals surface area contributed by atoms with Crippen LogP contribution in [-0.4, -0.2) is 37.2 Å². The summed E-state index contributed by atoms with van der Waals surface area (Å²) in [5.41, 5.74) is 0. The van der Waals surface area contributed by atoms with Crippen molar-refractivity contribution < 1.29 is 28.6 Å². The highest BCUT2D eigenvalue weighted by atomic mass is 16.6. The van der Waals surface area contributed by atoms with Gasteiger partial charge in [-0.2, -0.15) is 0 Å². The zero-order valence-corrected chi connectivity index (χ0v) is 40.7. The second-order valence-electron chi connectivity index (χ2n) is 15.4. The van der Waals surface area contributed by atoms with Crippen molar-refractivity contribution in [3.8, 4) is 0 Å². The number of ether oxygens (including phenoxy) is 3. The molecule has 358 valence electrons. The minimum absolute atomic E-state index is 0.139. The summed E-state index contributed by atoms with van der Waals surface area (Å²) in [6.07, 6.45) is 76.3. The Bertz CT molecular complexity index is 1590. The molecule has 0 aliphatic rings. The van der Waals surface area contributed by atoms with Gasteiger partial charge in [0.2, 0.25) is 0 Å². The summed E-state index contributed by atoms with van der Waals surface area (Å²) < 4.78 is 16.6. The molecule has 0 bridgehead atoms. The Morgan fingerprint density at radius 3 is 1.12 bits per heavy atom. The lowest BCUT2D eigenvalue weighted by Gasteiger charge is -2.18. The number of unbranched alkanes of at least 4 members (excludes halogenated alkanes) is 8. The van der Waals surface area contributed by atoms with Gasteiger partial charge in [-0.05, 0) is 96.3 Å². The molecule has 65 heavy (non-hydrogen) atoms. The molecule has 0 aromatic rings. The maximum absolute atomic E-state index is 12.8. The van der Waals surface area contributed by atoms with Crippen LogP contribution in [0.5, 0.6) is 0 Å². The van der Waals surface area contributed by atoms with Crippen molar-refractivity contribution in [3.63, 3.8) is 0 Å². The van der Waals surface area contributed by atoms with Gasteiger partial charge in [0.15, 0.2) is 6.10 Å². The summed E-state index contributed by atoms with van der Waals surface area (Å²) in [6.45, 7) is 6.08. The largest absolute Gasteiger partial charge is 0.462 e. The molecule has 0 amide bonds. The summed E-state index contributed by atoms with van der Waals surface area (Å²) in [7, 11) is 0. The monoisotopic (exact) mass is 891 g/mol. The minimum Gasteiger partial charge on any atom is -0.462 e. The van der Waals surface area contributed by atoms with Crippen molar-refractivity contribution in [3.05, 3.63) is 170 Å². The predicted molar refractivity (Wildman–Crippen MR) is 278 cm³/mol. The van der Waals surface area contributed by atoms with Gasteiger partial charge in [0.1, 0.15) is 13.2 Å². The van der Waals surface area contributed by atoms with E-state index in [1.54, 1.807) is 0 Å². The van der Waals surface area contributed by atoms with Crippen LogP contribution in [0, 0.1) is 0 Å². The second kappa shape index (κ2) is 51.4. The van der Waals surface area contributed by atoms with Gasteiger partial charge in [0, 0.05) is 19.3 Å². The van der Waals surface area contributed by atoms with Crippen LogP contribution in [0.15, 0.2) is 170 Å². The summed E-state index contributed by atoms with van der Waals surface area (Å²) in [5, 5.41) is 0. The molecule has 0 rings (SSSR count). The number of esters is 3. The highest BCUT2D eigenvalue weighted by Gasteiger charge is 2.19. The molecule has 0 saturated carbocycles. The number of hydrogen-bond donors (Lipinski definition) is 0. The summed E-state index contributed by atoms with van der Waals surface area (Å²) in [4.78, 5) is 37.9. The molecular weight excluding hydrogens is 805 g/mol. The Morgan fingerprint density at radius 2 is 0.662 bits per heavy atom. The van der Waals surface area contributed by atoms with E-state index in [2.05, 4.69) is 124 Å². The van der Waals surface area contributed by atoms with E-state index in [1.807, 2.05) is 66.8 Å². The first-order valence-electron chi connectivity index (χ1n) is 24.7. The second-order valence-corrected chi connectivity index (χ2v) is 15.4. The molecule has 0 aliphatic carbocycles. The average Bonchev–Trinajstić information content (AvgIpc) is 3.30. The molecule has 0 aliphatic heterocycles. The van der Waals surface area contributed by atoms with E-state index in [0.29, 0.717) is 19.3 Å². The van der Waals surface area contributed by atoms with Gasteiger partial charge in [0.05, 0.1) is 0 Å². The zero-order valence-electron chi connectivity index (χ0n) is 40.7. The summed E-state index contributed by atoms with van der Waals surface area (Å²) in [6, 6.07) is 0. The molecule has 0 N–H and O–H groups in total. The van der Waals surface area contributed by atoms with Gasteiger partial charge in [0.25, 0.3) is 0 Å². The lowest BCUT2D eigenvalue weighted by atomic mass is 10.1. The first kappa shape index (κ1) is 59.8. The van der Waals surface area contributed by atoms with Gasteiger partial charge in [-0.15, -0.1) is 0 Å². The van der Waals surface area contributed by atoms with Crippen molar-refractivity contribution in [1.82, 2.24) is 0 Å². The first-order chi connectivity index (χ1) is 32.0. The number of rotatable bonds is 41. The molecule has 0 radical (unpaired) electrons. The molecule has 0 spiro atoms. The highest BCUT2D eigenvalue weighted by molar-refractivity contribution is 5.71. The molecular formula is C59H86O6. The van der Waals surface area contributed by atoms with Crippen molar-refractivity contribution in [2.45, 2.75) is 168 Å². The zero-order chi connectivity index (χ0) is 47.2. The lowest BCUT2D eigenvalue weighted by molar-refractivity contribution is -0.166. The molecule has 0 aromatic heterocycles. The number of hydrogen-bond acceptors (Lipinski definition) is 6. The predicted octanol–water partition coefficient (Wildman–Crippen LogP) is 16.4. The Kier molecular flexibility index (Phi) is 47.3. The summed E-state index contributed by atoms with van der Waals surface area (Å²) in [5.74, 6) is -1.11. The maximum atomic E-state index is 12.8. The first-order valence-corrected chi connectivity index (χ1v) is 24.7. The minimum atomic E-state index is -0.848. The fourth-order valence-electron chi connectivity index (χ4n) is 5.78. The Hall–Kier alpha value is -5.23. The van der Waals surface area contributed by atoms with Crippen LogP contribution >= 0.6 is 0 Å². The van der Waals surface area contributed by atoms with Crippen molar-refractivity contribution in [1.29, 1.82) is 0 Å². The summed E-state index contributed by atoms with van der Waals surface area (Å²) >= 11 is 0. The normalized spacial score (nSPS) is 13.6. The van der Waals surface area contributed by atoms with E-state index in [-0.39, 0.29) is 44.0 Å². The van der Waals surface area contributed by atoms with Crippen LogP contribution in [0.2, 0.25) is 0 Å². The molecule has 6 nitrogen and oxygen atoms in total. The lowest BCUT2D eigenvalue weighted by Crippen LogP contribution is -2.30. The Morgan fingerprint density at radius 1 is 0.323 bits per heavy atom. The van der Waals surface area contributed by atoms with E-state index in [0.717, 1.165) is 109 Å². The van der Waals surface area contributed by atoms with Crippen molar-refractivity contribution >= 4 is 17.9 Å². The highest BCUT2D eigenvalue weighted by Crippen LogP contribution is 2.11. The van der Waals surface area contributed by atoms with Gasteiger partial charge < -0.3 is 14.2 Å². The standard InChI is InChI=1S/C59H86O6/c1-4-7-10-13-16-19-22-25-27-28-29-30-32-34-37-40-43-46-49-52-58(61)64-55-56(54-63-57(60)51-48-45-42-39-36-33-24-21-18-15-12-9-6-3)65-59(62)53-50-47-44-41-38-35-31-26-23-20-17-14-11-8-5-2/h7-12,14-21,23-27,29-31,34-35,37-38,43,46,56H,4-6,13,22,28,32-33,36,39-42,44-45,47-55H2,1-3H3/b10-7+,11-8+,12-9+,17-14+,18-15+,19-16+,23-20+,24-21+,27-25+,30-29+,31-26+,37-34+,38-35+,46-43+. The molecule has 0 aromatic carbocycles. The fourth-order valence-corrected chi connectivity index (χ4v) is 5.78. The van der Waals surface area contributed by atoms with E-state index in [1.165, 1.54) is 0 Å². The third kappa shape index (κ3) is 49.6. The van der Waals surface area contributed by atoms with Crippen LogP contribution in [0.1, 0.15) is 162 Å². The smallest absolute Gasteiger partial charge is 0.306 e. The molecule has 0 heterocycles. The molecule has 0 fully saturated rings. The van der Waals surface area contributed by atoms with E-state index in [9.17, 15) is 14.4 Å². The van der Waals surface area contributed by atoms with Crippen molar-refractivity contribution in [2.75, 3.05) is 13.2 Å². The van der Waals surface area contributed by atoms with Crippen LogP contribution in [0.25, 0.3) is 0 Å². The fraction of sp³-hybridized carbons (Fsp3) is 0.475. The average molecular weight is 891 g/mol. The van der Waals surface area contributed by atoms with E-state index < -0.39 is 6.10 Å². The van der Waals surface area contributed by atoms with E-state index in [4.69, 9.17) is 14.2 Å². The molecule has 0 saturated heterocycles. The van der Waals surface area contributed by atoms with Crippen LogP contribution in [-0.2, 0) is 28.6 Å². The van der Waals surface area contributed by atoms with Gasteiger partial charge in [-0.1, -0.05) is 217 Å². The maximum Gasteiger partial charge on any atom is 0.306 e. The number of carbonyl (C=O) groups is 3. The number of carbonyl (C=O) groups excluding carboxylic acids is 3. The molecule has 1 atom stereocenters. The molecule has 1 unspecified atom stereocenters.